The first-order valence-corrected chi connectivity index (χ1v) is 6.47. The largest absolute Gasteiger partial charge is 0.352 e. The predicted octanol–water partition coefficient (Wildman–Crippen LogP) is 3.36. The molecule has 0 saturated carbocycles. The molecule has 0 aromatic heterocycles. The number of benzene rings is 1. The molecule has 0 aliphatic rings. The number of hydrogen-bond acceptors (Lipinski definition) is 1. The number of carbonyl (C=O) groups excluding carboxylic acids is 1. The van der Waals surface area contributed by atoms with Crippen molar-refractivity contribution < 1.29 is 4.79 Å². The molecule has 2 nitrogen and oxygen atoms in total. The highest BCUT2D eigenvalue weighted by molar-refractivity contribution is 9.10. The van der Waals surface area contributed by atoms with Crippen LogP contribution in [0.1, 0.15) is 22.8 Å². The number of aryl methyl sites for hydroxylation is 1. The number of halogens is 2. The Balaban J connectivity index is 2.69. The number of carbonyl (C=O) groups is 1. The van der Waals surface area contributed by atoms with E-state index >= 15 is 0 Å². The molecular weight excluding hydrogens is 289 g/mol. The predicted molar refractivity (Wildman–Crippen MR) is 71.1 cm³/mol. The third kappa shape index (κ3) is 3.80. The molecule has 1 rings (SSSR count). The molecule has 0 bridgehead atoms. The van der Waals surface area contributed by atoms with Crippen LogP contribution in [-0.4, -0.2) is 18.3 Å². The van der Waals surface area contributed by atoms with Gasteiger partial charge in [0.25, 0.3) is 5.91 Å². The Bertz CT molecular complexity index is 381. The minimum Gasteiger partial charge on any atom is -0.352 e. The maximum absolute atomic E-state index is 11.9. The topological polar surface area (TPSA) is 29.1 Å². The lowest BCUT2D eigenvalue weighted by Crippen LogP contribution is -2.29. The Morgan fingerprint density at radius 3 is 2.88 bits per heavy atom. The summed E-state index contributed by atoms with van der Waals surface area (Å²) in [5.41, 5.74) is 1.74. The summed E-state index contributed by atoms with van der Waals surface area (Å²) in [6.07, 6.45) is 0. The van der Waals surface area contributed by atoms with Crippen LogP contribution in [0.2, 0.25) is 0 Å². The monoisotopic (exact) mass is 303 g/mol. The van der Waals surface area contributed by atoms with Crippen molar-refractivity contribution in [2.24, 2.45) is 5.92 Å². The zero-order valence-corrected chi connectivity index (χ0v) is 11.7. The molecule has 0 aliphatic carbocycles. The molecule has 1 amide bonds. The van der Waals surface area contributed by atoms with Gasteiger partial charge in [-0.15, -0.1) is 11.6 Å². The van der Waals surface area contributed by atoms with Crippen molar-refractivity contribution in [1.82, 2.24) is 5.32 Å². The van der Waals surface area contributed by atoms with Crippen LogP contribution in [0.5, 0.6) is 0 Å². The molecule has 1 N–H and O–H groups in total. The molecular formula is C12H15BrClNO. The zero-order valence-electron chi connectivity index (χ0n) is 9.39. The molecule has 16 heavy (non-hydrogen) atoms. The second kappa shape index (κ2) is 6.26. The first-order chi connectivity index (χ1) is 7.54. The Kier molecular flexibility index (Phi) is 5.29. The summed E-state index contributed by atoms with van der Waals surface area (Å²) in [4.78, 5) is 11.9. The summed E-state index contributed by atoms with van der Waals surface area (Å²) < 4.78 is 0.814. The molecule has 0 heterocycles. The van der Waals surface area contributed by atoms with Crippen LogP contribution in [0.4, 0.5) is 0 Å². The van der Waals surface area contributed by atoms with Crippen molar-refractivity contribution in [2.45, 2.75) is 13.8 Å². The highest BCUT2D eigenvalue weighted by Gasteiger charge is 2.10. The van der Waals surface area contributed by atoms with Gasteiger partial charge in [-0.1, -0.05) is 18.6 Å². The van der Waals surface area contributed by atoms with Gasteiger partial charge in [-0.25, -0.2) is 0 Å². The Morgan fingerprint density at radius 2 is 2.25 bits per heavy atom. The number of alkyl halides is 1. The van der Waals surface area contributed by atoms with E-state index in [1.54, 1.807) is 0 Å². The molecule has 0 radical (unpaired) electrons. The molecule has 88 valence electrons. The lowest BCUT2D eigenvalue weighted by atomic mass is 10.1. The van der Waals surface area contributed by atoms with E-state index in [1.165, 1.54) is 0 Å². The lowest BCUT2D eigenvalue weighted by molar-refractivity contribution is 0.0948. The molecule has 0 spiro atoms. The van der Waals surface area contributed by atoms with Gasteiger partial charge >= 0.3 is 0 Å². The summed E-state index contributed by atoms with van der Waals surface area (Å²) in [6.45, 7) is 4.56. The van der Waals surface area contributed by atoms with Crippen molar-refractivity contribution in [3.05, 3.63) is 33.8 Å². The van der Waals surface area contributed by atoms with E-state index in [-0.39, 0.29) is 11.8 Å². The summed E-state index contributed by atoms with van der Waals surface area (Å²) in [7, 11) is 0. The van der Waals surface area contributed by atoms with E-state index in [1.807, 2.05) is 32.0 Å². The smallest absolute Gasteiger partial charge is 0.252 e. The van der Waals surface area contributed by atoms with Crippen LogP contribution >= 0.6 is 27.5 Å². The molecule has 0 saturated heterocycles. The first kappa shape index (κ1) is 13.5. The molecule has 4 heteroatoms. The fourth-order valence-corrected chi connectivity index (χ4v) is 1.77. The maximum Gasteiger partial charge on any atom is 0.252 e. The van der Waals surface area contributed by atoms with Gasteiger partial charge in [-0.05, 0) is 40.9 Å². The molecule has 1 atom stereocenters. The third-order valence-corrected chi connectivity index (χ3v) is 3.46. The number of amides is 1. The van der Waals surface area contributed by atoms with E-state index in [0.717, 1.165) is 10.0 Å². The van der Waals surface area contributed by atoms with Crippen LogP contribution in [0, 0.1) is 12.8 Å². The highest BCUT2D eigenvalue weighted by atomic mass is 79.9. The van der Waals surface area contributed by atoms with E-state index in [2.05, 4.69) is 21.2 Å². The fourth-order valence-electron chi connectivity index (χ4n) is 1.23. The summed E-state index contributed by atoms with van der Waals surface area (Å²) in [5, 5.41) is 2.86. The maximum atomic E-state index is 11.9. The molecule has 1 unspecified atom stereocenters. The van der Waals surface area contributed by atoms with Crippen LogP contribution in [-0.2, 0) is 0 Å². The van der Waals surface area contributed by atoms with Crippen LogP contribution in [0.25, 0.3) is 0 Å². The van der Waals surface area contributed by atoms with Crippen LogP contribution in [0.3, 0.4) is 0 Å². The van der Waals surface area contributed by atoms with Gasteiger partial charge in [0.1, 0.15) is 0 Å². The average Bonchev–Trinajstić information content (AvgIpc) is 2.28. The van der Waals surface area contributed by atoms with Gasteiger partial charge < -0.3 is 5.32 Å². The Morgan fingerprint density at radius 1 is 1.56 bits per heavy atom. The quantitative estimate of drug-likeness (QED) is 0.849. The van der Waals surface area contributed by atoms with Gasteiger partial charge in [-0.3, -0.25) is 4.79 Å². The van der Waals surface area contributed by atoms with Gasteiger partial charge in [0, 0.05) is 16.9 Å². The molecule has 1 aromatic rings. The Labute approximate surface area is 110 Å². The van der Waals surface area contributed by atoms with Gasteiger partial charge in [-0.2, -0.15) is 0 Å². The normalized spacial score (nSPS) is 12.2. The third-order valence-electron chi connectivity index (χ3n) is 2.24. The minimum absolute atomic E-state index is 0.0625. The van der Waals surface area contributed by atoms with Crippen molar-refractivity contribution in [1.29, 1.82) is 0 Å². The SMILES string of the molecule is Cc1ccc(Br)c(C(=O)NCC(C)CCl)c1. The molecule has 0 fully saturated rings. The fraction of sp³-hybridized carbons (Fsp3) is 0.417. The van der Waals surface area contributed by atoms with E-state index in [9.17, 15) is 4.79 Å². The standard InChI is InChI=1S/C12H15BrClNO/c1-8-3-4-11(13)10(5-8)12(16)15-7-9(2)6-14/h3-5,9H,6-7H2,1-2H3,(H,15,16). The summed E-state index contributed by atoms with van der Waals surface area (Å²) in [6, 6.07) is 5.71. The van der Waals surface area contributed by atoms with Gasteiger partial charge in [0.2, 0.25) is 0 Å². The minimum atomic E-state index is -0.0625. The average molecular weight is 305 g/mol. The van der Waals surface area contributed by atoms with Crippen molar-refractivity contribution in [3.63, 3.8) is 0 Å². The second-order valence-corrected chi connectivity index (χ2v) is 5.12. The number of nitrogens with one attached hydrogen (secondary N) is 1. The van der Waals surface area contributed by atoms with E-state index < -0.39 is 0 Å². The van der Waals surface area contributed by atoms with Crippen LogP contribution in [0.15, 0.2) is 22.7 Å². The van der Waals surface area contributed by atoms with E-state index in [4.69, 9.17) is 11.6 Å². The second-order valence-electron chi connectivity index (χ2n) is 3.95. The molecule has 1 aromatic carbocycles. The summed E-state index contributed by atoms with van der Waals surface area (Å²) in [5.74, 6) is 0.775. The number of rotatable bonds is 4. The first-order valence-electron chi connectivity index (χ1n) is 5.15. The van der Waals surface area contributed by atoms with Gasteiger partial charge in [0.05, 0.1) is 5.56 Å². The summed E-state index contributed by atoms with van der Waals surface area (Å²) >= 11 is 9.05. The Hall–Kier alpha value is -0.540. The van der Waals surface area contributed by atoms with Gasteiger partial charge in [0.15, 0.2) is 0 Å². The zero-order chi connectivity index (χ0) is 12.1. The lowest BCUT2D eigenvalue weighted by Gasteiger charge is -2.10. The van der Waals surface area contributed by atoms with Crippen molar-refractivity contribution in [2.75, 3.05) is 12.4 Å². The van der Waals surface area contributed by atoms with Crippen molar-refractivity contribution >= 4 is 33.4 Å². The molecule has 0 aliphatic heterocycles. The van der Waals surface area contributed by atoms with Crippen LogP contribution < -0.4 is 5.32 Å². The number of hydrogen-bond donors (Lipinski definition) is 1. The van der Waals surface area contributed by atoms with Crippen molar-refractivity contribution in [3.8, 4) is 0 Å². The van der Waals surface area contributed by atoms with E-state index in [0.29, 0.717) is 18.0 Å². The highest BCUT2D eigenvalue weighted by Crippen LogP contribution is 2.17.